The summed E-state index contributed by atoms with van der Waals surface area (Å²) in [6.45, 7) is 3.04. The van der Waals surface area contributed by atoms with E-state index in [0.29, 0.717) is 18.1 Å². The van der Waals surface area contributed by atoms with Crippen molar-refractivity contribution in [1.29, 1.82) is 0 Å². The summed E-state index contributed by atoms with van der Waals surface area (Å²) in [7, 11) is 1.62. The minimum absolute atomic E-state index is 0.232. The largest absolute Gasteiger partial charge is 0.497 e. The molecule has 2 aliphatic heterocycles. The molecule has 2 fully saturated rings. The Morgan fingerprint density at radius 3 is 2.70 bits per heavy atom. The van der Waals surface area contributed by atoms with Crippen molar-refractivity contribution < 1.29 is 14.3 Å². The lowest BCUT2D eigenvalue weighted by Gasteiger charge is -2.44. The highest BCUT2D eigenvalue weighted by Gasteiger charge is 2.32. The molecule has 3 rings (SSSR count). The van der Waals surface area contributed by atoms with Gasteiger partial charge in [-0.05, 0) is 75.4 Å². The summed E-state index contributed by atoms with van der Waals surface area (Å²) in [5.74, 6) is 1.21. The van der Waals surface area contributed by atoms with Crippen LogP contribution in [-0.4, -0.2) is 43.7 Å². The van der Waals surface area contributed by atoms with E-state index in [1.165, 1.54) is 45.2 Å². The molecule has 0 bridgehead atoms. The molecule has 0 aliphatic carbocycles. The van der Waals surface area contributed by atoms with E-state index >= 15 is 0 Å². The molecule has 0 unspecified atom stereocenters. The van der Waals surface area contributed by atoms with Crippen molar-refractivity contribution in [2.24, 2.45) is 5.92 Å². The predicted molar refractivity (Wildman–Crippen MR) is 89.8 cm³/mol. The smallest absolute Gasteiger partial charge is 0.338 e. The first kappa shape index (κ1) is 16.3. The van der Waals surface area contributed by atoms with Gasteiger partial charge in [-0.25, -0.2) is 4.79 Å². The van der Waals surface area contributed by atoms with Crippen LogP contribution in [0.4, 0.5) is 0 Å². The van der Waals surface area contributed by atoms with Crippen LogP contribution in [0.1, 0.15) is 48.9 Å². The van der Waals surface area contributed by atoms with E-state index in [-0.39, 0.29) is 5.97 Å². The summed E-state index contributed by atoms with van der Waals surface area (Å²) >= 11 is 0. The molecule has 0 aromatic heterocycles. The molecule has 0 N–H and O–H groups in total. The highest BCUT2D eigenvalue weighted by Crippen LogP contribution is 2.32. The average Bonchev–Trinajstić information content (AvgIpc) is 2.62. The van der Waals surface area contributed by atoms with E-state index < -0.39 is 0 Å². The first-order valence-corrected chi connectivity index (χ1v) is 8.83. The Labute approximate surface area is 138 Å². The van der Waals surface area contributed by atoms with Gasteiger partial charge >= 0.3 is 5.97 Å². The van der Waals surface area contributed by atoms with Gasteiger partial charge in [0.05, 0.1) is 19.3 Å². The van der Waals surface area contributed by atoms with Crippen LogP contribution < -0.4 is 4.74 Å². The normalized spacial score (nSPS) is 24.7. The number of carbonyl (C=O) groups excluding carboxylic acids is 1. The second-order valence-electron chi connectivity index (χ2n) is 6.65. The van der Waals surface area contributed by atoms with Crippen molar-refractivity contribution in [3.63, 3.8) is 0 Å². The first-order chi connectivity index (χ1) is 11.3. The number of benzene rings is 1. The average molecular weight is 317 g/mol. The van der Waals surface area contributed by atoms with Gasteiger partial charge in [0.2, 0.25) is 0 Å². The third-order valence-corrected chi connectivity index (χ3v) is 5.28. The molecular weight excluding hydrogens is 290 g/mol. The van der Waals surface area contributed by atoms with Crippen molar-refractivity contribution in [3.05, 3.63) is 29.8 Å². The highest BCUT2D eigenvalue weighted by atomic mass is 16.5. The Morgan fingerprint density at radius 2 is 1.91 bits per heavy atom. The van der Waals surface area contributed by atoms with E-state index in [4.69, 9.17) is 9.47 Å². The number of carbonyl (C=O) groups is 1. The maximum atomic E-state index is 12.1. The maximum absolute atomic E-state index is 12.1. The number of piperidine rings is 2. The zero-order chi connectivity index (χ0) is 16.1. The first-order valence-electron chi connectivity index (χ1n) is 8.83. The molecule has 2 aliphatic rings. The molecule has 0 spiro atoms. The SMILES string of the molecule is COc1ccc(C(=O)OCC[C@@H]2CCCN3CCCC[C@H]23)cc1. The molecule has 1 aromatic rings. The molecule has 126 valence electrons. The molecule has 0 radical (unpaired) electrons. The monoisotopic (exact) mass is 317 g/mol. The van der Waals surface area contributed by atoms with Crippen LogP contribution in [0.15, 0.2) is 24.3 Å². The molecule has 0 amide bonds. The van der Waals surface area contributed by atoms with Crippen LogP contribution in [0, 0.1) is 5.92 Å². The lowest BCUT2D eigenvalue weighted by molar-refractivity contribution is 0.0296. The number of esters is 1. The summed E-state index contributed by atoms with van der Waals surface area (Å²) in [6, 6.07) is 7.81. The zero-order valence-electron chi connectivity index (χ0n) is 14.0. The van der Waals surface area contributed by atoms with Gasteiger partial charge in [0.1, 0.15) is 5.75 Å². The molecule has 4 heteroatoms. The molecule has 4 nitrogen and oxygen atoms in total. The zero-order valence-corrected chi connectivity index (χ0v) is 14.0. The standard InChI is InChI=1S/C19H27NO3/c1-22-17-9-7-16(8-10-17)19(21)23-14-11-15-5-4-13-20-12-3-2-6-18(15)20/h7-10,15,18H,2-6,11-14H2,1H3/t15-,18+/m0/s1. The van der Waals surface area contributed by atoms with Crippen molar-refractivity contribution in [1.82, 2.24) is 4.90 Å². The van der Waals surface area contributed by atoms with Crippen molar-refractivity contribution in [3.8, 4) is 5.75 Å². The summed E-state index contributed by atoms with van der Waals surface area (Å²) in [5, 5.41) is 0. The topological polar surface area (TPSA) is 38.8 Å². The lowest BCUT2D eigenvalue weighted by Crippen LogP contribution is -2.48. The van der Waals surface area contributed by atoms with Crippen LogP contribution in [0.5, 0.6) is 5.75 Å². The van der Waals surface area contributed by atoms with Crippen molar-refractivity contribution in [2.45, 2.75) is 44.6 Å². The third-order valence-electron chi connectivity index (χ3n) is 5.28. The van der Waals surface area contributed by atoms with E-state index in [1.807, 2.05) is 0 Å². The molecule has 1 aromatic carbocycles. The van der Waals surface area contributed by atoms with Crippen LogP contribution in [0.3, 0.4) is 0 Å². The second kappa shape index (κ2) is 7.82. The highest BCUT2D eigenvalue weighted by molar-refractivity contribution is 5.89. The molecule has 2 saturated heterocycles. The fourth-order valence-electron chi connectivity index (χ4n) is 4.03. The summed E-state index contributed by atoms with van der Waals surface area (Å²) in [4.78, 5) is 14.8. The van der Waals surface area contributed by atoms with Gasteiger partial charge in [-0.1, -0.05) is 6.42 Å². The van der Waals surface area contributed by atoms with Crippen LogP contribution in [0.2, 0.25) is 0 Å². The Morgan fingerprint density at radius 1 is 1.13 bits per heavy atom. The fourth-order valence-corrected chi connectivity index (χ4v) is 4.03. The van der Waals surface area contributed by atoms with Gasteiger partial charge in [-0.15, -0.1) is 0 Å². The van der Waals surface area contributed by atoms with Crippen LogP contribution in [-0.2, 0) is 4.74 Å². The fraction of sp³-hybridized carbons (Fsp3) is 0.632. The van der Waals surface area contributed by atoms with Gasteiger partial charge < -0.3 is 14.4 Å². The number of nitrogens with zero attached hydrogens (tertiary/aromatic N) is 1. The number of hydrogen-bond acceptors (Lipinski definition) is 4. The molecule has 2 atom stereocenters. The predicted octanol–water partition coefficient (Wildman–Crippen LogP) is 3.51. The van der Waals surface area contributed by atoms with Crippen LogP contribution in [0.25, 0.3) is 0 Å². The summed E-state index contributed by atoms with van der Waals surface area (Å²) in [5.41, 5.74) is 0.591. The van der Waals surface area contributed by atoms with Crippen LogP contribution >= 0.6 is 0 Å². The molecular formula is C19H27NO3. The number of rotatable bonds is 5. The van der Waals surface area contributed by atoms with Crippen molar-refractivity contribution >= 4 is 5.97 Å². The van der Waals surface area contributed by atoms with Gasteiger partial charge in [0.25, 0.3) is 0 Å². The maximum Gasteiger partial charge on any atom is 0.338 e. The minimum atomic E-state index is -0.232. The summed E-state index contributed by atoms with van der Waals surface area (Å²) in [6.07, 6.45) is 7.56. The molecule has 2 heterocycles. The van der Waals surface area contributed by atoms with E-state index in [0.717, 1.165) is 18.2 Å². The summed E-state index contributed by atoms with van der Waals surface area (Å²) < 4.78 is 10.6. The molecule has 0 saturated carbocycles. The Balaban J connectivity index is 1.47. The Kier molecular flexibility index (Phi) is 5.55. The van der Waals surface area contributed by atoms with Gasteiger partial charge in [0.15, 0.2) is 0 Å². The Hall–Kier alpha value is -1.55. The van der Waals surface area contributed by atoms with Gasteiger partial charge in [-0.2, -0.15) is 0 Å². The van der Waals surface area contributed by atoms with E-state index in [2.05, 4.69) is 4.90 Å². The number of methoxy groups -OCH3 is 1. The van der Waals surface area contributed by atoms with Gasteiger partial charge in [-0.3, -0.25) is 0 Å². The number of ether oxygens (including phenoxy) is 2. The minimum Gasteiger partial charge on any atom is -0.497 e. The van der Waals surface area contributed by atoms with Crippen molar-refractivity contribution in [2.75, 3.05) is 26.8 Å². The number of fused-ring (bicyclic) bond motifs is 1. The quantitative estimate of drug-likeness (QED) is 0.779. The van der Waals surface area contributed by atoms with E-state index in [9.17, 15) is 4.79 Å². The lowest BCUT2D eigenvalue weighted by atomic mass is 9.82. The number of hydrogen-bond donors (Lipinski definition) is 0. The second-order valence-corrected chi connectivity index (χ2v) is 6.65. The van der Waals surface area contributed by atoms with Gasteiger partial charge in [0, 0.05) is 6.04 Å². The third kappa shape index (κ3) is 4.05. The molecule has 23 heavy (non-hydrogen) atoms. The Bertz CT molecular complexity index is 512. The van der Waals surface area contributed by atoms with E-state index in [1.54, 1.807) is 31.4 Å².